The van der Waals surface area contributed by atoms with E-state index in [4.69, 9.17) is 11.6 Å². The first-order chi connectivity index (χ1) is 9.67. The third kappa shape index (κ3) is 2.53. The third-order valence-electron chi connectivity index (χ3n) is 3.56. The number of carbonyl (C=O) groups is 1. The molecule has 1 amide bonds. The van der Waals surface area contributed by atoms with Crippen LogP contribution < -0.4 is 10.6 Å². The van der Waals surface area contributed by atoms with Crippen LogP contribution in [0.25, 0.3) is 0 Å². The van der Waals surface area contributed by atoms with Crippen LogP contribution in [0.15, 0.2) is 30.3 Å². The second-order valence-corrected chi connectivity index (χ2v) is 6.59. The van der Waals surface area contributed by atoms with Crippen molar-refractivity contribution < 1.29 is 4.79 Å². The van der Waals surface area contributed by atoms with E-state index >= 15 is 0 Å². The second kappa shape index (κ2) is 5.46. The Morgan fingerprint density at radius 3 is 2.80 bits per heavy atom. The lowest BCUT2D eigenvalue weighted by atomic mass is 10.1. The molecule has 1 atom stereocenters. The fourth-order valence-corrected chi connectivity index (χ4v) is 3.90. The van der Waals surface area contributed by atoms with Gasteiger partial charge in [-0.25, -0.2) is 0 Å². The van der Waals surface area contributed by atoms with Crippen molar-refractivity contribution in [1.29, 1.82) is 0 Å². The third-order valence-corrected chi connectivity index (χ3v) is 4.90. The molecule has 0 saturated carbocycles. The molecule has 1 aromatic heterocycles. The Bertz CT molecular complexity index is 636. The number of hydrogen-bond donors (Lipinski definition) is 2. The molecule has 1 aliphatic carbocycles. The number of rotatable bonds is 3. The fraction of sp³-hybridized carbons (Fsp3) is 0.267. The van der Waals surface area contributed by atoms with Gasteiger partial charge in [-0.3, -0.25) is 4.79 Å². The van der Waals surface area contributed by atoms with Gasteiger partial charge in [-0.2, -0.15) is 0 Å². The second-order valence-electron chi connectivity index (χ2n) is 4.82. The molecule has 3 nitrogen and oxygen atoms in total. The lowest BCUT2D eigenvalue weighted by Crippen LogP contribution is -2.17. The topological polar surface area (TPSA) is 41.1 Å². The molecule has 0 radical (unpaired) electrons. The number of amides is 1. The molecule has 0 bridgehead atoms. The predicted octanol–water partition coefficient (Wildman–Crippen LogP) is 3.86. The number of anilines is 1. The van der Waals surface area contributed by atoms with Crippen molar-refractivity contribution in [2.24, 2.45) is 0 Å². The Hall–Kier alpha value is -1.52. The van der Waals surface area contributed by atoms with Crippen LogP contribution in [0.5, 0.6) is 0 Å². The van der Waals surface area contributed by atoms with Gasteiger partial charge >= 0.3 is 0 Å². The first-order valence-electron chi connectivity index (χ1n) is 6.54. The number of carbonyl (C=O) groups excluding carboxylic acids is 1. The smallest absolute Gasteiger partial charge is 0.251 e. The summed E-state index contributed by atoms with van der Waals surface area (Å²) >= 11 is 7.74. The number of fused-ring (bicyclic) bond motifs is 1. The number of aryl methyl sites for hydroxylation is 1. The van der Waals surface area contributed by atoms with Crippen molar-refractivity contribution in [3.8, 4) is 0 Å². The van der Waals surface area contributed by atoms with Crippen molar-refractivity contribution in [1.82, 2.24) is 5.32 Å². The molecule has 1 aromatic carbocycles. The molecule has 20 heavy (non-hydrogen) atoms. The van der Waals surface area contributed by atoms with Crippen LogP contribution in [0.4, 0.5) is 5.69 Å². The summed E-state index contributed by atoms with van der Waals surface area (Å²) in [5.74, 6) is -0.0654. The predicted molar refractivity (Wildman–Crippen MR) is 83.8 cm³/mol. The van der Waals surface area contributed by atoms with Gasteiger partial charge < -0.3 is 10.6 Å². The first-order valence-corrected chi connectivity index (χ1v) is 7.73. The quantitative estimate of drug-likeness (QED) is 0.904. The Kier molecular flexibility index (Phi) is 3.68. The molecule has 1 heterocycles. The highest BCUT2D eigenvalue weighted by Crippen LogP contribution is 2.40. The molecule has 0 saturated heterocycles. The largest absolute Gasteiger partial charge is 0.378 e. The normalized spacial score (nSPS) is 16.8. The highest BCUT2D eigenvalue weighted by molar-refractivity contribution is 7.16. The molecular formula is C15H15ClN2OS. The van der Waals surface area contributed by atoms with Gasteiger partial charge in [0.2, 0.25) is 0 Å². The zero-order valence-electron chi connectivity index (χ0n) is 11.1. The van der Waals surface area contributed by atoms with E-state index in [1.807, 2.05) is 24.3 Å². The SMILES string of the molecule is CNC(=O)c1ccc(NC2CCc3sc(Cl)cc32)cc1. The van der Waals surface area contributed by atoms with Gasteiger partial charge in [-0.1, -0.05) is 11.6 Å². The maximum Gasteiger partial charge on any atom is 0.251 e. The lowest BCUT2D eigenvalue weighted by molar-refractivity contribution is 0.0963. The van der Waals surface area contributed by atoms with Gasteiger partial charge in [0, 0.05) is 23.2 Å². The number of thiophene rings is 1. The minimum atomic E-state index is -0.0654. The molecule has 1 unspecified atom stereocenters. The molecule has 3 rings (SSSR count). The maximum absolute atomic E-state index is 11.5. The Balaban J connectivity index is 1.74. The summed E-state index contributed by atoms with van der Waals surface area (Å²) in [5, 5.41) is 6.13. The van der Waals surface area contributed by atoms with Crippen LogP contribution in [0.2, 0.25) is 4.34 Å². The maximum atomic E-state index is 11.5. The summed E-state index contributed by atoms with van der Waals surface area (Å²) in [5.41, 5.74) is 3.01. The molecule has 2 N–H and O–H groups in total. The fourth-order valence-electron chi connectivity index (χ4n) is 2.54. The zero-order chi connectivity index (χ0) is 14.1. The van der Waals surface area contributed by atoms with Crippen LogP contribution in [0, 0.1) is 0 Å². The molecule has 5 heteroatoms. The minimum absolute atomic E-state index is 0.0654. The summed E-state index contributed by atoms with van der Waals surface area (Å²) in [6.45, 7) is 0. The van der Waals surface area contributed by atoms with Crippen molar-refractivity contribution in [3.63, 3.8) is 0 Å². The average Bonchev–Trinajstić information content (AvgIpc) is 2.99. The highest BCUT2D eigenvalue weighted by Gasteiger charge is 2.24. The van der Waals surface area contributed by atoms with Gasteiger partial charge in [0.05, 0.1) is 10.4 Å². The van der Waals surface area contributed by atoms with Gasteiger partial charge in [-0.15, -0.1) is 11.3 Å². The van der Waals surface area contributed by atoms with Gasteiger partial charge in [0.25, 0.3) is 5.91 Å². The van der Waals surface area contributed by atoms with E-state index in [0.717, 1.165) is 22.9 Å². The van der Waals surface area contributed by atoms with Gasteiger partial charge in [-0.05, 0) is 48.7 Å². The van der Waals surface area contributed by atoms with E-state index in [0.29, 0.717) is 11.6 Å². The molecule has 104 valence electrons. The molecule has 2 aromatic rings. The summed E-state index contributed by atoms with van der Waals surface area (Å²) in [7, 11) is 1.63. The summed E-state index contributed by atoms with van der Waals surface area (Å²) in [6.07, 6.45) is 2.18. The first kappa shape index (κ1) is 13.5. The van der Waals surface area contributed by atoms with Crippen LogP contribution in [0.1, 0.15) is 33.3 Å². The number of benzene rings is 1. The van der Waals surface area contributed by atoms with Crippen molar-refractivity contribution in [3.05, 3.63) is 50.7 Å². The minimum Gasteiger partial charge on any atom is -0.378 e. The van der Waals surface area contributed by atoms with E-state index in [1.165, 1.54) is 10.4 Å². The molecule has 0 spiro atoms. The highest BCUT2D eigenvalue weighted by atomic mass is 35.5. The molecule has 0 aliphatic heterocycles. The summed E-state index contributed by atoms with van der Waals surface area (Å²) in [6, 6.07) is 9.92. The van der Waals surface area contributed by atoms with E-state index in [2.05, 4.69) is 16.7 Å². The van der Waals surface area contributed by atoms with Gasteiger partial charge in [0.1, 0.15) is 0 Å². The van der Waals surface area contributed by atoms with E-state index in [1.54, 1.807) is 18.4 Å². The van der Waals surface area contributed by atoms with Crippen LogP contribution in [-0.2, 0) is 6.42 Å². The summed E-state index contributed by atoms with van der Waals surface area (Å²) < 4.78 is 0.858. The van der Waals surface area contributed by atoms with E-state index in [-0.39, 0.29) is 5.91 Å². The molecule has 1 aliphatic rings. The van der Waals surface area contributed by atoms with Crippen molar-refractivity contribution in [2.45, 2.75) is 18.9 Å². The Morgan fingerprint density at radius 2 is 2.10 bits per heavy atom. The van der Waals surface area contributed by atoms with Crippen molar-refractivity contribution in [2.75, 3.05) is 12.4 Å². The number of halogens is 1. The van der Waals surface area contributed by atoms with Crippen LogP contribution >= 0.6 is 22.9 Å². The van der Waals surface area contributed by atoms with Crippen LogP contribution in [0.3, 0.4) is 0 Å². The zero-order valence-corrected chi connectivity index (χ0v) is 12.6. The summed E-state index contributed by atoms with van der Waals surface area (Å²) in [4.78, 5) is 12.9. The standard InChI is InChI=1S/C15H15ClN2OS/c1-17-15(19)9-2-4-10(5-3-9)18-12-6-7-13-11(12)8-14(16)20-13/h2-5,8,12,18H,6-7H2,1H3,(H,17,19). The van der Waals surface area contributed by atoms with Crippen LogP contribution in [-0.4, -0.2) is 13.0 Å². The lowest BCUT2D eigenvalue weighted by Gasteiger charge is -2.14. The Labute approximate surface area is 127 Å². The Morgan fingerprint density at radius 1 is 1.35 bits per heavy atom. The average molecular weight is 307 g/mol. The van der Waals surface area contributed by atoms with E-state index in [9.17, 15) is 4.79 Å². The number of hydrogen-bond acceptors (Lipinski definition) is 3. The van der Waals surface area contributed by atoms with Gasteiger partial charge in [0.15, 0.2) is 0 Å². The number of nitrogens with one attached hydrogen (secondary N) is 2. The monoisotopic (exact) mass is 306 g/mol. The molecular weight excluding hydrogens is 292 g/mol. The van der Waals surface area contributed by atoms with Crippen molar-refractivity contribution >= 4 is 34.5 Å². The molecule has 0 fully saturated rings. The van der Waals surface area contributed by atoms with E-state index < -0.39 is 0 Å².